The van der Waals surface area contributed by atoms with Gasteiger partial charge in [-0.2, -0.15) is 0 Å². The number of rotatable bonds is 13. The molecule has 8 fully saturated rings. The van der Waals surface area contributed by atoms with E-state index in [9.17, 15) is 81.1 Å². The molecule has 80 heavy (non-hydrogen) atoms. The van der Waals surface area contributed by atoms with E-state index in [-0.39, 0.29) is 31.3 Å². The Hall–Kier alpha value is -2.16. The quantitative estimate of drug-likeness (QED) is 0.0500. The second kappa shape index (κ2) is 22.9. The molecule has 4 aliphatic heterocycles. The van der Waals surface area contributed by atoms with Gasteiger partial charge in [0, 0.05) is 5.41 Å². The first-order valence-corrected chi connectivity index (χ1v) is 28.4. The highest BCUT2D eigenvalue weighted by atomic mass is 16.8. The van der Waals surface area contributed by atoms with Crippen LogP contribution in [0.25, 0.3) is 0 Å². The Morgan fingerprint density at radius 3 is 1.76 bits per heavy atom. The molecule has 25 heteroatoms. The molecule has 0 radical (unpaired) electrons. The standard InChI is InChI=1S/C55H88O25/c1-23-32(60)36(64)39(67)44(73-23)79-43-38(66)34(62)27(20-57)76-47(43)78-42-35(63)28(21-58)75-46(41(42)69)77-31-11-12-51(3)29(52(31,4)22-59)10-13-54(6)30(51)9-8-24-25-18-50(2,48(70)72-7)14-16-55(25,17-15-53(24,54)5)49(71)80-45-40(68)37(65)33(61)26(19-56)74-45/h8,23,25-47,56-69H,9-22H2,1-7H3/t23-,25+,26-,27-,28-,29?,30?,31+,32+,33-,34-,35-,36-,37+,38+,39-,40-,41-,42+,43-,44+,45+,46+,47+,50+,51+,52+,53-,54-,55+/m1/s1. The van der Waals surface area contributed by atoms with Crippen LogP contribution in [0.3, 0.4) is 0 Å². The van der Waals surface area contributed by atoms with Gasteiger partial charge in [0.05, 0.1) is 56.6 Å². The van der Waals surface area contributed by atoms with Gasteiger partial charge < -0.3 is 114 Å². The SMILES string of the molecule is COC(=O)[C@@]1(C)CC[C@]2(C(=O)O[C@@H]3O[C@H](CO)[C@@H](O)[C@H](O)[C@H]3O)CC[C@]3(C)C(=CCC4[C@@]5(C)CC[C@H](O[C@@H]6O[C@H](CO)[C@@H](O)[C@H](O[C@@H]7O[C@H](CO)[C@@H](O)[C@H](O)[C@H]7O[C@@H]7O[C@H](C)[C@H](O)[C@@H](O)[C@H]7O)[C@H]6O)[C@@](C)(CO)C5CC[C@]43C)[C@@H]2C1. The summed E-state index contributed by atoms with van der Waals surface area (Å²) in [6.45, 7) is 9.27. The van der Waals surface area contributed by atoms with E-state index >= 15 is 0 Å². The van der Waals surface area contributed by atoms with E-state index in [2.05, 4.69) is 26.8 Å². The number of hydrogen-bond donors (Lipinski definition) is 14. The van der Waals surface area contributed by atoms with Crippen molar-refractivity contribution >= 4 is 11.9 Å². The predicted octanol–water partition coefficient (Wildman–Crippen LogP) is -2.88. The minimum atomic E-state index is -1.91. The molecule has 2 unspecified atom stereocenters. The van der Waals surface area contributed by atoms with Gasteiger partial charge in [-0.05, 0) is 112 Å². The Morgan fingerprint density at radius 2 is 1.12 bits per heavy atom. The summed E-state index contributed by atoms with van der Waals surface area (Å²) < 4.78 is 53.1. The summed E-state index contributed by atoms with van der Waals surface area (Å²) in [5.41, 5.74) is -3.48. The van der Waals surface area contributed by atoms with Crippen LogP contribution in [0.1, 0.15) is 106 Å². The molecule has 0 aromatic carbocycles. The lowest BCUT2D eigenvalue weighted by atomic mass is 9.33. The van der Waals surface area contributed by atoms with E-state index in [0.29, 0.717) is 51.4 Å². The van der Waals surface area contributed by atoms with E-state index in [1.165, 1.54) is 14.0 Å². The lowest BCUT2D eigenvalue weighted by Gasteiger charge is -2.71. The van der Waals surface area contributed by atoms with E-state index in [1.54, 1.807) is 0 Å². The molecule has 0 aromatic heterocycles. The number of fused-ring (bicyclic) bond motifs is 7. The molecule has 4 saturated heterocycles. The first kappa shape index (κ1) is 62.4. The zero-order chi connectivity index (χ0) is 58.6. The van der Waals surface area contributed by atoms with Crippen molar-refractivity contribution in [3.63, 3.8) is 0 Å². The highest BCUT2D eigenvalue weighted by Gasteiger charge is 2.71. The number of carbonyl (C=O) groups is 2. The largest absolute Gasteiger partial charge is 0.469 e. The molecule has 9 rings (SSSR count). The molecule has 4 saturated carbocycles. The summed E-state index contributed by atoms with van der Waals surface area (Å²) >= 11 is 0. The number of allylic oxidation sites excluding steroid dienone is 2. The first-order chi connectivity index (χ1) is 37.6. The molecule has 14 N–H and O–H groups in total. The van der Waals surface area contributed by atoms with Crippen LogP contribution in [0.2, 0.25) is 0 Å². The Bertz CT molecular complexity index is 2240. The van der Waals surface area contributed by atoms with Gasteiger partial charge >= 0.3 is 11.9 Å². The topological polar surface area (TPSA) is 400 Å². The van der Waals surface area contributed by atoms with Crippen LogP contribution >= 0.6 is 0 Å². The lowest BCUT2D eigenvalue weighted by molar-refractivity contribution is -0.391. The van der Waals surface area contributed by atoms with Crippen molar-refractivity contribution in [2.45, 2.75) is 235 Å². The smallest absolute Gasteiger partial charge is 0.315 e. The minimum Gasteiger partial charge on any atom is -0.469 e. The van der Waals surface area contributed by atoms with Crippen molar-refractivity contribution in [2.75, 3.05) is 33.5 Å². The van der Waals surface area contributed by atoms with Crippen molar-refractivity contribution in [1.82, 2.24) is 0 Å². The van der Waals surface area contributed by atoms with Gasteiger partial charge in [-0.1, -0.05) is 39.3 Å². The maximum absolute atomic E-state index is 14.9. The summed E-state index contributed by atoms with van der Waals surface area (Å²) in [5.74, 6) is -1.78. The van der Waals surface area contributed by atoms with E-state index in [4.69, 9.17) is 42.6 Å². The van der Waals surface area contributed by atoms with Crippen LogP contribution in [0, 0.1) is 50.2 Å². The lowest BCUT2D eigenvalue weighted by Crippen LogP contribution is -2.68. The van der Waals surface area contributed by atoms with E-state index in [0.717, 1.165) is 5.57 Å². The monoisotopic (exact) mass is 1150 g/mol. The number of carbonyl (C=O) groups excluding carboxylic acids is 2. The third-order valence-electron chi connectivity index (χ3n) is 22.0. The fraction of sp³-hybridized carbons (Fsp3) is 0.927. The number of aliphatic hydroxyl groups excluding tert-OH is 14. The van der Waals surface area contributed by atoms with Crippen LogP contribution < -0.4 is 0 Å². The molecular weight excluding hydrogens is 1060 g/mol. The number of hydrogen-bond acceptors (Lipinski definition) is 25. The number of aliphatic hydroxyl groups is 14. The van der Waals surface area contributed by atoms with Crippen LogP contribution in [0.4, 0.5) is 0 Å². The van der Waals surface area contributed by atoms with Gasteiger partial charge in [-0.25, -0.2) is 0 Å². The summed E-state index contributed by atoms with van der Waals surface area (Å²) in [7, 11) is 1.34. The van der Waals surface area contributed by atoms with Crippen molar-refractivity contribution in [3.05, 3.63) is 11.6 Å². The Balaban J connectivity index is 0.965. The van der Waals surface area contributed by atoms with Crippen LogP contribution in [-0.2, 0) is 52.2 Å². The zero-order valence-electron chi connectivity index (χ0n) is 46.6. The van der Waals surface area contributed by atoms with Crippen LogP contribution in [0.5, 0.6) is 0 Å². The van der Waals surface area contributed by atoms with E-state index < -0.39 is 199 Å². The molecule has 0 spiro atoms. The molecule has 0 aromatic rings. The van der Waals surface area contributed by atoms with Crippen molar-refractivity contribution in [1.29, 1.82) is 0 Å². The fourth-order valence-corrected chi connectivity index (χ4v) is 16.7. The minimum absolute atomic E-state index is 0.0145. The maximum Gasteiger partial charge on any atom is 0.315 e. The van der Waals surface area contributed by atoms with Gasteiger partial charge in [-0.3, -0.25) is 9.59 Å². The fourth-order valence-electron chi connectivity index (χ4n) is 16.7. The number of ether oxygens (including phenoxy) is 9. The average molecular weight is 1150 g/mol. The van der Waals surface area contributed by atoms with E-state index in [1.807, 2.05) is 13.8 Å². The Labute approximate surface area is 464 Å². The third kappa shape index (κ3) is 9.83. The zero-order valence-corrected chi connectivity index (χ0v) is 46.6. The summed E-state index contributed by atoms with van der Waals surface area (Å²) in [4.78, 5) is 28.5. The second-order valence-corrected chi connectivity index (χ2v) is 26.0. The maximum atomic E-state index is 14.9. The molecule has 9 aliphatic rings. The van der Waals surface area contributed by atoms with Crippen LogP contribution in [-0.4, -0.2) is 246 Å². The number of esters is 2. The molecule has 458 valence electrons. The molecule has 25 nitrogen and oxygen atoms in total. The molecule has 5 aliphatic carbocycles. The van der Waals surface area contributed by atoms with Crippen molar-refractivity contribution in [3.8, 4) is 0 Å². The number of methoxy groups -OCH3 is 1. The first-order valence-electron chi connectivity index (χ1n) is 28.4. The molecule has 0 amide bonds. The van der Waals surface area contributed by atoms with Crippen molar-refractivity contribution < 1.29 is 124 Å². The highest BCUT2D eigenvalue weighted by molar-refractivity contribution is 5.81. The van der Waals surface area contributed by atoms with Crippen molar-refractivity contribution in [2.24, 2.45) is 50.2 Å². The van der Waals surface area contributed by atoms with Gasteiger partial charge in [0.25, 0.3) is 0 Å². The van der Waals surface area contributed by atoms with Gasteiger partial charge in [0.2, 0.25) is 6.29 Å². The Kier molecular flexibility index (Phi) is 17.9. The third-order valence-corrected chi connectivity index (χ3v) is 22.0. The highest BCUT2D eigenvalue weighted by Crippen LogP contribution is 2.76. The predicted molar refractivity (Wildman–Crippen MR) is 269 cm³/mol. The summed E-state index contributed by atoms with van der Waals surface area (Å²) in [6, 6.07) is 0. The molecular formula is C55H88O25. The van der Waals surface area contributed by atoms with Gasteiger partial charge in [-0.15, -0.1) is 0 Å². The molecule has 4 heterocycles. The van der Waals surface area contributed by atoms with Gasteiger partial charge in [0.15, 0.2) is 18.9 Å². The average Bonchev–Trinajstić information content (AvgIpc) is 2.51. The molecule has 0 bridgehead atoms. The summed E-state index contributed by atoms with van der Waals surface area (Å²) in [5, 5.41) is 151. The summed E-state index contributed by atoms with van der Waals surface area (Å²) in [6.07, 6.45) is -27.4. The van der Waals surface area contributed by atoms with Gasteiger partial charge in [0.1, 0.15) is 91.6 Å². The normalized spacial score (nSPS) is 54.2. The van der Waals surface area contributed by atoms with Crippen LogP contribution in [0.15, 0.2) is 11.6 Å². The second-order valence-electron chi connectivity index (χ2n) is 26.0. The Morgan fingerprint density at radius 1 is 0.562 bits per heavy atom. The molecule has 30 atom stereocenters.